The molecule has 1 aromatic rings. The molecule has 1 aromatic carbocycles. The van der Waals surface area contributed by atoms with E-state index >= 15 is 0 Å². The highest BCUT2D eigenvalue weighted by atomic mass is 127. The van der Waals surface area contributed by atoms with E-state index in [2.05, 4.69) is 73.1 Å². The second-order valence-electron chi connectivity index (χ2n) is 4.56. The fraction of sp³-hybridized carbons (Fsp3) is 0.429. The Labute approximate surface area is 170 Å². The summed E-state index contributed by atoms with van der Waals surface area (Å²) in [6.07, 6.45) is 2.09. The quantitative estimate of drug-likeness (QED) is 0.208. The Balaban J connectivity index is 2.86. The zero-order chi connectivity index (χ0) is 16.7. The molecule has 22 heavy (non-hydrogen) atoms. The van der Waals surface area contributed by atoms with Crippen LogP contribution in [0.25, 0.3) is 0 Å². The predicted octanol–water partition coefficient (Wildman–Crippen LogP) is 2.90. The number of carbonyl (C=O) groups excluding carboxylic acids is 2. The summed E-state index contributed by atoms with van der Waals surface area (Å²) in [6.45, 7) is 0.565. The average Bonchev–Trinajstić information content (AvgIpc) is 2.51. The number of halogens is 3. The molecule has 0 heterocycles. The van der Waals surface area contributed by atoms with E-state index in [0.29, 0.717) is 18.5 Å². The molecule has 0 spiro atoms. The molecule has 122 valence electrons. The number of carbonyl (C=O) groups is 2. The first-order chi connectivity index (χ1) is 10.4. The Bertz CT molecular complexity index is 552. The number of amides is 1. The van der Waals surface area contributed by atoms with Gasteiger partial charge in [-0.05, 0) is 106 Å². The topological polar surface area (TPSA) is 81.4 Å². The summed E-state index contributed by atoms with van der Waals surface area (Å²) in [5.41, 5.74) is 6.03. The molecule has 0 aliphatic carbocycles. The highest BCUT2D eigenvalue weighted by Gasteiger charge is 2.23. The molecule has 0 fully saturated rings. The van der Waals surface area contributed by atoms with Crippen molar-refractivity contribution in [2.45, 2.75) is 25.3 Å². The number of hydrogen-bond donors (Lipinski definition) is 2. The van der Waals surface area contributed by atoms with Gasteiger partial charge in [-0.2, -0.15) is 0 Å². The van der Waals surface area contributed by atoms with Gasteiger partial charge in [0.25, 0.3) is 5.91 Å². The number of ether oxygens (including phenoxy) is 1. The van der Waals surface area contributed by atoms with E-state index in [4.69, 9.17) is 10.5 Å². The van der Waals surface area contributed by atoms with Crippen LogP contribution in [-0.4, -0.2) is 31.6 Å². The van der Waals surface area contributed by atoms with Gasteiger partial charge in [-0.1, -0.05) is 0 Å². The van der Waals surface area contributed by atoms with Crippen molar-refractivity contribution in [3.63, 3.8) is 0 Å². The third-order valence-electron chi connectivity index (χ3n) is 3.02. The fourth-order valence-corrected chi connectivity index (χ4v) is 3.97. The third-order valence-corrected chi connectivity index (χ3v) is 8.22. The van der Waals surface area contributed by atoms with Crippen LogP contribution in [0.1, 0.15) is 29.6 Å². The monoisotopic (exact) mass is 642 g/mol. The van der Waals surface area contributed by atoms with Gasteiger partial charge < -0.3 is 15.8 Å². The molecule has 0 saturated carbocycles. The number of esters is 1. The van der Waals surface area contributed by atoms with Crippen LogP contribution < -0.4 is 11.1 Å². The van der Waals surface area contributed by atoms with Gasteiger partial charge in [0.05, 0.1) is 12.7 Å². The van der Waals surface area contributed by atoms with E-state index in [-0.39, 0.29) is 5.91 Å². The summed E-state index contributed by atoms with van der Waals surface area (Å²) in [5.74, 6) is -0.692. The lowest BCUT2D eigenvalue weighted by molar-refractivity contribution is -0.143. The second-order valence-corrected chi connectivity index (χ2v) is 7.88. The molecular formula is C14H17I3N2O3. The van der Waals surface area contributed by atoms with Crippen LogP contribution in [0.5, 0.6) is 0 Å². The third kappa shape index (κ3) is 5.74. The maximum atomic E-state index is 12.4. The number of methoxy groups -OCH3 is 1. The highest BCUT2D eigenvalue weighted by molar-refractivity contribution is 14.1. The van der Waals surface area contributed by atoms with Crippen LogP contribution in [0.15, 0.2) is 12.1 Å². The molecule has 0 radical (unpaired) electrons. The molecule has 8 heteroatoms. The van der Waals surface area contributed by atoms with Crippen LogP contribution in [0.4, 0.5) is 0 Å². The average molecular weight is 642 g/mol. The molecule has 0 aliphatic heterocycles. The smallest absolute Gasteiger partial charge is 0.328 e. The van der Waals surface area contributed by atoms with E-state index in [1.54, 1.807) is 6.07 Å². The van der Waals surface area contributed by atoms with Crippen molar-refractivity contribution in [3.05, 3.63) is 28.4 Å². The maximum Gasteiger partial charge on any atom is 0.328 e. The first kappa shape index (κ1) is 20.4. The lowest BCUT2D eigenvalue weighted by atomic mass is 10.1. The predicted molar refractivity (Wildman–Crippen MR) is 111 cm³/mol. The van der Waals surface area contributed by atoms with Crippen molar-refractivity contribution in [2.24, 2.45) is 5.73 Å². The largest absolute Gasteiger partial charge is 0.467 e. The number of nitrogens with one attached hydrogen (secondary N) is 1. The zero-order valence-electron chi connectivity index (χ0n) is 12.0. The SMILES string of the molecule is COC(=O)[C@H](CCCCN)NC(=O)c1ccc(I)c(I)c1I. The first-order valence-corrected chi connectivity index (χ1v) is 9.88. The molecular weight excluding hydrogens is 625 g/mol. The van der Waals surface area contributed by atoms with Gasteiger partial charge >= 0.3 is 5.97 Å². The molecule has 0 aliphatic rings. The molecule has 5 nitrogen and oxygen atoms in total. The van der Waals surface area contributed by atoms with E-state index in [1.807, 2.05) is 6.07 Å². The Morgan fingerprint density at radius 3 is 2.50 bits per heavy atom. The molecule has 1 rings (SSSR count). The number of nitrogens with two attached hydrogens (primary N) is 1. The van der Waals surface area contributed by atoms with Gasteiger partial charge in [0.2, 0.25) is 0 Å². The number of rotatable bonds is 7. The van der Waals surface area contributed by atoms with Crippen molar-refractivity contribution in [3.8, 4) is 0 Å². The zero-order valence-corrected chi connectivity index (χ0v) is 18.5. The molecule has 1 amide bonds. The summed E-state index contributed by atoms with van der Waals surface area (Å²) in [6, 6.07) is 3.02. The van der Waals surface area contributed by atoms with E-state index in [9.17, 15) is 9.59 Å². The molecule has 3 N–H and O–H groups in total. The highest BCUT2D eigenvalue weighted by Crippen LogP contribution is 2.24. The minimum Gasteiger partial charge on any atom is -0.467 e. The van der Waals surface area contributed by atoms with Gasteiger partial charge in [-0.15, -0.1) is 0 Å². The van der Waals surface area contributed by atoms with E-state index in [1.165, 1.54) is 7.11 Å². The maximum absolute atomic E-state index is 12.4. The fourth-order valence-electron chi connectivity index (χ4n) is 1.82. The summed E-state index contributed by atoms with van der Waals surface area (Å²) in [7, 11) is 1.32. The van der Waals surface area contributed by atoms with Crippen LogP contribution in [0.3, 0.4) is 0 Å². The van der Waals surface area contributed by atoms with Crippen molar-refractivity contribution in [1.29, 1.82) is 0 Å². The van der Waals surface area contributed by atoms with E-state index < -0.39 is 12.0 Å². The molecule has 1 atom stereocenters. The van der Waals surface area contributed by atoms with Crippen LogP contribution >= 0.6 is 67.8 Å². The molecule has 0 bridgehead atoms. The van der Waals surface area contributed by atoms with E-state index in [0.717, 1.165) is 23.6 Å². The summed E-state index contributed by atoms with van der Waals surface area (Å²) in [4.78, 5) is 24.2. The van der Waals surface area contributed by atoms with Crippen molar-refractivity contribution >= 4 is 79.6 Å². The Morgan fingerprint density at radius 2 is 1.91 bits per heavy atom. The lowest BCUT2D eigenvalue weighted by Crippen LogP contribution is -2.41. The molecule has 0 saturated heterocycles. The van der Waals surface area contributed by atoms with Crippen LogP contribution in [0, 0.1) is 10.7 Å². The Hall–Kier alpha value is 0.310. The van der Waals surface area contributed by atoms with Gasteiger partial charge in [0.1, 0.15) is 6.04 Å². The van der Waals surface area contributed by atoms with Crippen LogP contribution in [-0.2, 0) is 9.53 Å². The minimum absolute atomic E-state index is 0.262. The van der Waals surface area contributed by atoms with Gasteiger partial charge in [-0.3, -0.25) is 4.79 Å². The van der Waals surface area contributed by atoms with Gasteiger partial charge in [-0.25, -0.2) is 4.79 Å². The number of benzene rings is 1. The summed E-state index contributed by atoms with van der Waals surface area (Å²) < 4.78 is 7.77. The van der Waals surface area contributed by atoms with Crippen LogP contribution in [0.2, 0.25) is 0 Å². The van der Waals surface area contributed by atoms with Gasteiger partial charge in [0, 0.05) is 10.7 Å². The van der Waals surface area contributed by atoms with Crippen molar-refractivity contribution in [1.82, 2.24) is 5.32 Å². The number of hydrogen-bond acceptors (Lipinski definition) is 4. The normalized spacial score (nSPS) is 11.9. The Morgan fingerprint density at radius 1 is 1.23 bits per heavy atom. The first-order valence-electron chi connectivity index (χ1n) is 6.64. The number of unbranched alkanes of at least 4 members (excludes halogenated alkanes) is 1. The Kier molecular flexibility index (Phi) is 9.47. The van der Waals surface area contributed by atoms with Crippen molar-refractivity contribution in [2.75, 3.05) is 13.7 Å². The second kappa shape index (κ2) is 10.2. The van der Waals surface area contributed by atoms with Gasteiger partial charge in [0.15, 0.2) is 0 Å². The lowest BCUT2D eigenvalue weighted by Gasteiger charge is -2.17. The minimum atomic E-state index is -0.642. The molecule has 0 aromatic heterocycles. The standard InChI is InChI=1S/C14H17I3N2O3/c1-22-14(21)10(4-2-3-7-18)19-13(20)8-5-6-9(15)12(17)11(8)16/h5-6,10H,2-4,7,18H2,1H3,(H,19,20)/t10-/m0/s1. The van der Waals surface area contributed by atoms with Crippen molar-refractivity contribution < 1.29 is 14.3 Å². The summed E-state index contributed by atoms with van der Waals surface area (Å²) in [5, 5.41) is 2.77. The summed E-state index contributed by atoms with van der Waals surface area (Å²) >= 11 is 6.58. The molecule has 0 unspecified atom stereocenters.